The molecular weight excluding hydrogens is 769 g/mol. The molecule has 8 aromatic carbocycles. The smallest absolute Gasteiger partial charge is 0.137 e. The predicted octanol–water partition coefficient (Wildman–Crippen LogP) is 15.9. The minimum atomic E-state index is -0.00400. The van der Waals surface area contributed by atoms with Crippen LogP contribution < -0.4 is 19.4 Å². The van der Waals surface area contributed by atoms with Gasteiger partial charge in [-0.05, 0) is 82.3 Å². The molecule has 0 saturated carbocycles. The largest absolute Gasteiger partial charge is 0.457 e. The highest BCUT2D eigenvalue weighted by atomic mass is 16.5. The van der Waals surface area contributed by atoms with E-state index in [1.54, 1.807) is 0 Å². The predicted molar refractivity (Wildman–Crippen MR) is 262 cm³/mol. The fraction of sp³-hybridized carbons (Fsp3) is 0.0862. The Morgan fingerprint density at radius 1 is 0.460 bits per heavy atom. The molecule has 1 aliphatic rings. The molecule has 0 N–H and O–H groups in total. The number of pyridine rings is 1. The quantitative estimate of drug-likeness (QED) is 0.137. The minimum Gasteiger partial charge on any atom is -0.457 e. The second-order valence-corrected chi connectivity index (χ2v) is 16.9. The van der Waals surface area contributed by atoms with Gasteiger partial charge in [0, 0.05) is 40.7 Å². The molecule has 1 aromatic heterocycles. The van der Waals surface area contributed by atoms with Crippen LogP contribution in [0.15, 0.2) is 225 Å². The molecular formula is C58H48N4O. The number of hydrogen-bond acceptors (Lipinski definition) is 5. The van der Waals surface area contributed by atoms with E-state index in [1.807, 2.05) is 30.5 Å². The Balaban J connectivity index is 1.02. The van der Waals surface area contributed by atoms with Gasteiger partial charge in [0.05, 0.1) is 28.4 Å². The molecule has 2 heterocycles. The zero-order valence-electron chi connectivity index (χ0n) is 35.8. The summed E-state index contributed by atoms with van der Waals surface area (Å²) in [5, 5.41) is 0. The van der Waals surface area contributed by atoms with E-state index in [0.29, 0.717) is 6.67 Å². The lowest BCUT2D eigenvalue weighted by Gasteiger charge is -2.29. The van der Waals surface area contributed by atoms with Crippen LogP contribution in [0.25, 0.3) is 33.4 Å². The number of ether oxygens (including phenoxy) is 1. The molecule has 1 aliphatic heterocycles. The zero-order chi connectivity index (χ0) is 42.8. The Kier molecular flexibility index (Phi) is 10.5. The van der Waals surface area contributed by atoms with Gasteiger partial charge in [0.2, 0.25) is 0 Å². The van der Waals surface area contributed by atoms with Crippen LogP contribution in [0.5, 0.6) is 11.5 Å². The summed E-state index contributed by atoms with van der Waals surface area (Å²) in [6.45, 7) is 7.49. The van der Waals surface area contributed by atoms with Crippen LogP contribution in [0, 0.1) is 0 Å². The van der Waals surface area contributed by atoms with E-state index in [2.05, 4.69) is 230 Å². The molecule has 5 nitrogen and oxygen atoms in total. The minimum absolute atomic E-state index is 0.00400. The summed E-state index contributed by atoms with van der Waals surface area (Å²) in [5.41, 5.74) is 14.7. The summed E-state index contributed by atoms with van der Waals surface area (Å²) in [6, 6.07) is 76.8. The molecule has 0 bridgehead atoms. The normalized spacial score (nSPS) is 12.2. The molecule has 0 unspecified atom stereocenters. The topological polar surface area (TPSA) is 31.8 Å². The van der Waals surface area contributed by atoms with Crippen molar-refractivity contribution in [2.45, 2.75) is 26.2 Å². The third-order valence-electron chi connectivity index (χ3n) is 11.7. The Morgan fingerprint density at radius 3 is 1.63 bits per heavy atom. The summed E-state index contributed by atoms with van der Waals surface area (Å²) in [4.78, 5) is 12.0. The van der Waals surface area contributed by atoms with E-state index in [1.165, 1.54) is 28.1 Å². The van der Waals surface area contributed by atoms with Gasteiger partial charge in [-0.3, -0.25) is 4.90 Å². The van der Waals surface area contributed by atoms with E-state index in [9.17, 15) is 0 Å². The van der Waals surface area contributed by atoms with Crippen LogP contribution >= 0.6 is 0 Å². The van der Waals surface area contributed by atoms with Crippen molar-refractivity contribution in [1.82, 2.24) is 4.98 Å². The lowest BCUT2D eigenvalue weighted by molar-refractivity contribution is 0.483. The van der Waals surface area contributed by atoms with Crippen molar-refractivity contribution < 1.29 is 4.74 Å². The molecule has 9 aromatic rings. The van der Waals surface area contributed by atoms with Crippen molar-refractivity contribution >= 4 is 39.9 Å². The Hall–Kier alpha value is -7.89. The molecule has 0 atom stereocenters. The van der Waals surface area contributed by atoms with Crippen LogP contribution in [0.2, 0.25) is 0 Å². The van der Waals surface area contributed by atoms with Crippen molar-refractivity contribution in [1.29, 1.82) is 0 Å². The van der Waals surface area contributed by atoms with Crippen LogP contribution in [-0.4, -0.2) is 11.7 Å². The highest BCUT2D eigenvalue weighted by Crippen LogP contribution is 2.49. The van der Waals surface area contributed by atoms with E-state index in [-0.39, 0.29) is 5.41 Å². The molecule has 0 saturated heterocycles. The molecule has 10 rings (SSSR count). The molecule has 0 amide bonds. The lowest BCUT2D eigenvalue weighted by atomic mass is 9.85. The Labute approximate surface area is 370 Å². The maximum absolute atomic E-state index is 6.81. The number of anilines is 7. The first-order chi connectivity index (χ1) is 30.9. The second-order valence-electron chi connectivity index (χ2n) is 16.9. The van der Waals surface area contributed by atoms with Crippen LogP contribution in [0.1, 0.15) is 26.3 Å². The van der Waals surface area contributed by atoms with Gasteiger partial charge in [-0.1, -0.05) is 172 Å². The summed E-state index contributed by atoms with van der Waals surface area (Å²) in [7, 11) is 0. The van der Waals surface area contributed by atoms with Gasteiger partial charge in [-0.2, -0.15) is 0 Å². The van der Waals surface area contributed by atoms with Gasteiger partial charge >= 0.3 is 0 Å². The summed E-state index contributed by atoms with van der Waals surface area (Å²) in [6.07, 6.45) is 1.85. The summed E-state index contributed by atoms with van der Waals surface area (Å²) >= 11 is 0. The number of fused-ring (bicyclic) bond motifs is 1. The first-order valence-electron chi connectivity index (χ1n) is 21.6. The number of rotatable bonds is 10. The van der Waals surface area contributed by atoms with E-state index < -0.39 is 0 Å². The first-order valence-corrected chi connectivity index (χ1v) is 21.6. The van der Waals surface area contributed by atoms with Gasteiger partial charge in [0.1, 0.15) is 24.0 Å². The average molecular weight is 817 g/mol. The standard InChI is InChI=1S/C58H48N4O/c1-58(2,3)45-35-36-50(42-20-7-4-8-21-42)55(38-45)61-41-60(53-32-13-14-33-54(53)61)46-26-17-28-48(39-46)63-49-29-18-27-47(40-49)62(56-34-15-16-37-59-56)57-51(43-22-9-5-10-23-43)30-19-31-52(57)44-24-11-6-12-25-44/h4-40H,41H2,1-3H3. The number of benzene rings is 8. The number of nitrogens with zero attached hydrogens (tertiary/aromatic N) is 4. The average Bonchev–Trinajstić information content (AvgIpc) is 3.72. The molecule has 306 valence electrons. The van der Waals surface area contributed by atoms with Crippen molar-refractivity contribution in [3.63, 3.8) is 0 Å². The van der Waals surface area contributed by atoms with Crippen molar-refractivity contribution in [2.24, 2.45) is 0 Å². The van der Waals surface area contributed by atoms with E-state index in [4.69, 9.17) is 9.72 Å². The van der Waals surface area contributed by atoms with E-state index >= 15 is 0 Å². The number of aromatic nitrogens is 1. The molecule has 0 spiro atoms. The molecule has 0 fully saturated rings. The molecule has 63 heavy (non-hydrogen) atoms. The summed E-state index contributed by atoms with van der Waals surface area (Å²) < 4.78 is 6.81. The van der Waals surface area contributed by atoms with Gasteiger partial charge < -0.3 is 14.5 Å². The van der Waals surface area contributed by atoms with Crippen molar-refractivity contribution in [3.05, 3.63) is 230 Å². The maximum Gasteiger partial charge on any atom is 0.137 e. The monoisotopic (exact) mass is 816 g/mol. The van der Waals surface area contributed by atoms with Crippen molar-refractivity contribution in [2.75, 3.05) is 21.4 Å². The van der Waals surface area contributed by atoms with Gasteiger partial charge in [0.15, 0.2) is 0 Å². The zero-order valence-corrected chi connectivity index (χ0v) is 35.8. The molecule has 0 radical (unpaired) electrons. The Morgan fingerprint density at radius 2 is 1.02 bits per heavy atom. The highest BCUT2D eigenvalue weighted by Gasteiger charge is 2.31. The Bertz CT molecular complexity index is 2940. The molecule has 5 heteroatoms. The fourth-order valence-corrected chi connectivity index (χ4v) is 8.61. The number of para-hydroxylation sites is 3. The van der Waals surface area contributed by atoms with Crippen LogP contribution in [0.4, 0.5) is 39.9 Å². The fourth-order valence-electron chi connectivity index (χ4n) is 8.61. The van der Waals surface area contributed by atoms with Crippen LogP contribution in [0.3, 0.4) is 0 Å². The third-order valence-corrected chi connectivity index (χ3v) is 11.7. The van der Waals surface area contributed by atoms with Gasteiger partial charge in [-0.25, -0.2) is 4.98 Å². The lowest BCUT2D eigenvalue weighted by Crippen LogP contribution is -2.25. The number of hydrogen-bond donors (Lipinski definition) is 0. The first kappa shape index (κ1) is 39.3. The SMILES string of the molecule is CC(C)(C)c1ccc(-c2ccccc2)c(N2CN(c3cccc(Oc4cccc(N(c5ccccn5)c5c(-c6ccccc6)cccc5-c5ccccc5)c4)c3)c3ccccc32)c1. The third kappa shape index (κ3) is 7.93. The van der Waals surface area contributed by atoms with Crippen molar-refractivity contribution in [3.8, 4) is 44.9 Å². The van der Waals surface area contributed by atoms with Gasteiger partial charge in [0.25, 0.3) is 0 Å². The van der Waals surface area contributed by atoms with Gasteiger partial charge in [-0.15, -0.1) is 0 Å². The highest BCUT2D eigenvalue weighted by molar-refractivity contribution is 5.97. The van der Waals surface area contributed by atoms with Crippen LogP contribution in [-0.2, 0) is 5.41 Å². The summed E-state index contributed by atoms with van der Waals surface area (Å²) in [5.74, 6) is 2.27. The maximum atomic E-state index is 6.81. The van der Waals surface area contributed by atoms with E-state index in [0.717, 1.165) is 62.3 Å². The molecule has 0 aliphatic carbocycles. The second kappa shape index (κ2) is 16.9.